The van der Waals surface area contributed by atoms with Gasteiger partial charge in [-0.1, -0.05) is 0 Å². The van der Waals surface area contributed by atoms with Crippen LogP contribution in [-0.2, 0) is 16.1 Å². The minimum Gasteiger partial charge on any atom is -0.493 e. The van der Waals surface area contributed by atoms with Crippen LogP contribution in [0.4, 0.5) is 0 Å². The van der Waals surface area contributed by atoms with Crippen molar-refractivity contribution in [1.82, 2.24) is 9.78 Å². The lowest BCUT2D eigenvalue weighted by atomic mass is 10.1. The largest absolute Gasteiger partial charge is 0.493 e. The first-order valence-electron chi connectivity index (χ1n) is 6.88. The molecule has 0 fully saturated rings. The number of carbonyl (C=O) groups excluding carboxylic acids is 1. The minimum absolute atomic E-state index is 0.0819. The highest BCUT2D eigenvalue weighted by atomic mass is 16.5. The monoisotopic (exact) mass is 306 g/mol. The van der Waals surface area contributed by atoms with Crippen LogP contribution in [0.15, 0.2) is 23.1 Å². The maximum absolute atomic E-state index is 12.6. The van der Waals surface area contributed by atoms with E-state index in [9.17, 15) is 9.59 Å². The smallest absolute Gasteiger partial charge is 0.307 e. The van der Waals surface area contributed by atoms with Crippen LogP contribution in [0.1, 0.15) is 13.3 Å². The molecule has 0 aliphatic heterocycles. The lowest BCUT2D eigenvalue weighted by Crippen LogP contribution is -2.25. The van der Waals surface area contributed by atoms with Gasteiger partial charge in [0.05, 0.1) is 45.4 Å². The Morgan fingerprint density at radius 2 is 2.05 bits per heavy atom. The highest BCUT2D eigenvalue weighted by Gasteiger charge is 2.15. The SMILES string of the molecule is CCOC(=O)CCn1ncc2ccc(OC)c(OC)c2c1=O. The number of methoxy groups -OCH3 is 2. The van der Waals surface area contributed by atoms with Crippen LogP contribution < -0.4 is 15.0 Å². The molecule has 0 bridgehead atoms. The number of hydrogen-bond acceptors (Lipinski definition) is 6. The Hall–Kier alpha value is -2.57. The van der Waals surface area contributed by atoms with Gasteiger partial charge in [-0.25, -0.2) is 4.68 Å². The van der Waals surface area contributed by atoms with E-state index in [-0.39, 0.29) is 24.5 Å². The Balaban J connectivity index is 2.44. The lowest BCUT2D eigenvalue weighted by molar-refractivity contribution is -0.143. The second-order valence-corrected chi connectivity index (χ2v) is 4.49. The van der Waals surface area contributed by atoms with Crippen molar-refractivity contribution in [1.29, 1.82) is 0 Å². The summed E-state index contributed by atoms with van der Waals surface area (Å²) >= 11 is 0. The van der Waals surface area contributed by atoms with Gasteiger partial charge < -0.3 is 14.2 Å². The molecule has 118 valence electrons. The summed E-state index contributed by atoms with van der Waals surface area (Å²) in [7, 11) is 2.98. The molecule has 2 aromatic rings. The highest BCUT2D eigenvalue weighted by molar-refractivity contribution is 5.89. The maximum atomic E-state index is 12.6. The summed E-state index contributed by atoms with van der Waals surface area (Å²) in [6, 6.07) is 3.45. The number of ether oxygens (including phenoxy) is 3. The van der Waals surface area contributed by atoms with Gasteiger partial charge in [0.2, 0.25) is 0 Å². The quantitative estimate of drug-likeness (QED) is 0.750. The number of fused-ring (bicyclic) bond motifs is 1. The topological polar surface area (TPSA) is 79.7 Å². The average Bonchev–Trinajstić information content (AvgIpc) is 2.53. The van der Waals surface area contributed by atoms with Crippen molar-refractivity contribution < 1.29 is 19.0 Å². The van der Waals surface area contributed by atoms with E-state index in [0.717, 1.165) is 0 Å². The summed E-state index contributed by atoms with van der Waals surface area (Å²) in [5.74, 6) is 0.460. The molecule has 0 aliphatic rings. The molecular weight excluding hydrogens is 288 g/mol. The first-order chi connectivity index (χ1) is 10.6. The van der Waals surface area contributed by atoms with Gasteiger partial charge in [0.15, 0.2) is 11.5 Å². The molecule has 0 saturated carbocycles. The van der Waals surface area contributed by atoms with E-state index in [0.29, 0.717) is 28.9 Å². The molecule has 1 aromatic carbocycles. The van der Waals surface area contributed by atoms with Crippen molar-refractivity contribution in [2.24, 2.45) is 0 Å². The number of aromatic nitrogens is 2. The van der Waals surface area contributed by atoms with Crippen LogP contribution in [0, 0.1) is 0 Å². The fraction of sp³-hybridized carbons (Fsp3) is 0.400. The van der Waals surface area contributed by atoms with Crippen molar-refractivity contribution >= 4 is 16.7 Å². The minimum atomic E-state index is -0.367. The average molecular weight is 306 g/mol. The van der Waals surface area contributed by atoms with Crippen molar-refractivity contribution in [3.05, 3.63) is 28.7 Å². The van der Waals surface area contributed by atoms with Crippen molar-refractivity contribution in [2.45, 2.75) is 19.9 Å². The number of aryl methyl sites for hydroxylation is 1. The van der Waals surface area contributed by atoms with Gasteiger partial charge >= 0.3 is 5.97 Å². The maximum Gasteiger partial charge on any atom is 0.307 e. The summed E-state index contributed by atoms with van der Waals surface area (Å²) < 4.78 is 16.6. The van der Waals surface area contributed by atoms with Gasteiger partial charge in [0, 0.05) is 5.39 Å². The molecule has 0 aliphatic carbocycles. The van der Waals surface area contributed by atoms with Crippen LogP contribution in [0.5, 0.6) is 11.5 Å². The van der Waals surface area contributed by atoms with E-state index in [2.05, 4.69) is 5.10 Å². The molecule has 7 heteroatoms. The van der Waals surface area contributed by atoms with Crippen LogP contribution in [0.3, 0.4) is 0 Å². The fourth-order valence-electron chi connectivity index (χ4n) is 2.17. The van der Waals surface area contributed by atoms with Gasteiger partial charge in [0.25, 0.3) is 5.56 Å². The zero-order valence-corrected chi connectivity index (χ0v) is 12.8. The standard InChI is InChI=1S/C15H18N2O5/c1-4-22-12(18)7-8-17-15(19)13-10(9-16-17)5-6-11(20-2)14(13)21-3/h5-6,9H,4,7-8H2,1-3H3. The van der Waals surface area contributed by atoms with E-state index in [1.165, 1.54) is 18.9 Å². The van der Waals surface area contributed by atoms with Crippen molar-refractivity contribution in [2.75, 3.05) is 20.8 Å². The number of carbonyl (C=O) groups is 1. The molecule has 0 spiro atoms. The molecule has 0 amide bonds. The van der Waals surface area contributed by atoms with Crippen LogP contribution in [0.2, 0.25) is 0 Å². The predicted molar refractivity (Wildman–Crippen MR) is 80.4 cm³/mol. The Morgan fingerprint density at radius 1 is 1.27 bits per heavy atom. The normalized spacial score (nSPS) is 10.5. The van der Waals surface area contributed by atoms with Gasteiger partial charge in [-0.3, -0.25) is 9.59 Å². The molecule has 0 saturated heterocycles. The summed E-state index contributed by atoms with van der Waals surface area (Å²) in [6.45, 7) is 2.19. The predicted octanol–water partition coefficient (Wildman–Crippen LogP) is 1.37. The zero-order chi connectivity index (χ0) is 16.1. The molecule has 0 radical (unpaired) electrons. The molecule has 22 heavy (non-hydrogen) atoms. The number of esters is 1. The molecule has 2 rings (SSSR count). The summed E-state index contributed by atoms with van der Waals surface area (Å²) in [5, 5.41) is 5.09. The summed E-state index contributed by atoms with van der Waals surface area (Å²) in [5.41, 5.74) is -0.336. The third-order valence-corrected chi connectivity index (χ3v) is 3.20. The summed E-state index contributed by atoms with van der Waals surface area (Å²) in [4.78, 5) is 24.0. The Kier molecular flexibility index (Phi) is 4.98. The van der Waals surface area contributed by atoms with Crippen LogP contribution in [0.25, 0.3) is 10.8 Å². The van der Waals surface area contributed by atoms with Gasteiger partial charge in [-0.05, 0) is 19.1 Å². The number of benzene rings is 1. The second kappa shape index (κ2) is 6.93. The third kappa shape index (κ3) is 3.03. The van der Waals surface area contributed by atoms with Crippen LogP contribution >= 0.6 is 0 Å². The molecule has 1 aromatic heterocycles. The zero-order valence-electron chi connectivity index (χ0n) is 12.8. The third-order valence-electron chi connectivity index (χ3n) is 3.20. The molecule has 7 nitrogen and oxygen atoms in total. The van der Waals surface area contributed by atoms with E-state index in [1.54, 1.807) is 25.3 Å². The van der Waals surface area contributed by atoms with Crippen molar-refractivity contribution in [3.8, 4) is 11.5 Å². The first-order valence-corrected chi connectivity index (χ1v) is 6.88. The van der Waals surface area contributed by atoms with E-state index in [4.69, 9.17) is 14.2 Å². The summed E-state index contributed by atoms with van der Waals surface area (Å²) in [6.07, 6.45) is 1.64. The van der Waals surface area contributed by atoms with E-state index >= 15 is 0 Å². The number of rotatable bonds is 6. The molecule has 1 heterocycles. The molecule has 0 N–H and O–H groups in total. The Bertz CT molecular complexity index is 739. The van der Waals surface area contributed by atoms with Gasteiger partial charge in [-0.15, -0.1) is 0 Å². The van der Waals surface area contributed by atoms with E-state index in [1.807, 2.05) is 0 Å². The molecular formula is C15H18N2O5. The van der Waals surface area contributed by atoms with Gasteiger partial charge in [0.1, 0.15) is 0 Å². The Morgan fingerprint density at radius 3 is 2.68 bits per heavy atom. The van der Waals surface area contributed by atoms with E-state index < -0.39 is 0 Å². The number of hydrogen-bond donors (Lipinski definition) is 0. The van der Waals surface area contributed by atoms with Gasteiger partial charge in [-0.2, -0.15) is 5.10 Å². The molecule has 0 atom stereocenters. The highest BCUT2D eigenvalue weighted by Crippen LogP contribution is 2.32. The van der Waals surface area contributed by atoms with Crippen LogP contribution in [-0.4, -0.2) is 36.6 Å². The second-order valence-electron chi connectivity index (χ2n) is 4.49. The number of nitrogens with zero attached hydrogens (tertiary/aromatic N) is 2. The van der Waals surface area contributed by atoms with Crippen molar-refractivity contribution in [3.63, 3.8) is 0 Å². The first kappa shape index (κ1) is 15.8. The fourth-order valence-corrected chi connectivity index (χ4v) is 2.17. The molecule has 0 unspecified atom stereocenters. The Labute approximate surface area is 127 Å². The lowest BCUT2D eigenvalue weighted by Gasteiger charge is -2.11.